The van der Waals surface area contributed by atoms with Crippen LogP contribution in [0.1, 0.15) is 83.6 Å². The Labute approximate surface area is 199 Å². The summed E-state index contributed by atoms with van der Waals surface area (Å²) >= 11 is 0. The van der Waals surface area contributed by atoms with Gasteiger partial charge in [0.15, 0.2) is 11.5 Å². The fourth-order valence-electron chi connectivity index (χ4n) is 3.22. The Morgan fingerprint density at radius 1 is 1.00 bits per heavy atom. The molecular weight excluding hydrogens is 420 g/mol. The minimum Gasteiger partial charge on any atom is -0.493 e. The van der Waals surface area contributed by atoms with E-state index in [9.17, 15) is 14.8 Å². The van der Waals surface area contributed by atoms with Gasteiger partial charge in [-0.3, -0.25) is 14.8 Å². The van der Waals surface area contributed by atoms with Crippen LogP contribution >= 0.6 is 0 Å². The molecule has 0 unspecified atom stereocenters. The number of unbranched alkanes of at least 4 members (excludes halogenated alkanes) is 6. The van der Waals surface area contributed by atoms with Crippen LogP contribution in [-0.4, -0.2) is 48.9 Å². The van der Waals surface area contributed by atoms with E-state index < -0.39 is 5.91 Å². The van der Waals surface area contributed by atoms with Gasteiger partial charge in [-0.05, 0) is 43.0 Å². The quantitative estimate of drug-likeness (QED) is 0.133. The van der Waals surface area contributed by atoms with Gasteiger partial charge in [0.2, 0.25) is 5.91 Å². The van der Waals surface area contributed by atoms with Gasteiger partial charge in [-0.2, -0.15) is 0 Å². The lowest BCUT2D eigenvalue weighted by atomic mass is 10.1. The summed E-state index contributed by atoms with van der Waals surface area (Å²) in [5, 5.41) is 13.6. The summed E-state index contributed by atoms with van der Waals surface area (Å²) in [4.78, 5) is 23.9. The smallest absolute Gasteiger partial charge is 0.269 e. The maximum absolute atomic E-state index is 12.1. The van der Waals surface area contributed by atoms with Crippen LogP contribution in [0.25, 0.3) is 6.08 Å². The molecule has 1 aromatic carbocycles. The Morgan fingerprint density at radius 2 is 1.73 bits per heavy atom. The second-order valence-electron chi connectivity index (χ2n) is 8.13. The molecule has 0 heterocycles. The number of hydroxylamine groups is 2. The molecule has 0 radical (unpaired) electrons. The van der Waals surface area contributed by atoms with Gasteiger partial charge < -0.3 is 14.8 Å². The molecule has 7 heteroatoms. The first-order valence-electron chi connectivity index (χ1n) is 12.3. The highest BCUT2D eigenvalue weighted by molar-refractivity contribution is 5.91. The summed E-state index contributed by atoms with van der Waals surface area (Å²) < 4.78 is 11.2. The average molecular weight is 463 g/mol. The first-order valence-corrected chi connectivity index (χ1v) is 12.3. The molecule has 0 spiro atoms. The van der Waals surface area contributed by atoms with Crippen molar-refractivity contribution in [2.45, 2.75) is 78.1 Å². The third kappa shape index (κ3) is 12.9. The van der Waals surface area contributed by atoms with Crippen molar-refractivity contribution < 1.29 is 24.3 Å². The van der Waals surface area contributed by atoms with Crippen LogP contribution < -0.4 is 14.8 Å². The fourth-order valence-corrected chi connectivity index (χ4v) is 3.22. The number of carbonyl (C=O) groups excluding carboxylic acids is 2. The van der Waals surface area contributed by atoms with Gasteiger partial charge in [0.1, 0.15) is 0 Å². The number of hydrogen-bond donors (Lipinski definition) is 2. The van der Waals surface area contributed by atoms with E-state index in [2.05, 4.69) is 19.2 Å². The van der Waals surface area contributed by atoms with Crippen LogP contribution in [0.2, 0.25) is 0 Å². The zero-order valence-electron chi connectivity index (χ0n) is 20.6. The van der Waals surface area contributed by atoms with E-state index in [1.54, 1.807) is 25.3 Å². The first-order chi connectivity index (χ1) is 16.0. The number of rotatable bonds is 18. The fraction of sp³-hybridized carbons (Fsp3) is 0.615. The monoisotopic (exact) mass is 462 g/mol. The maximum Gasteiger partial charge on any atom is 0.269 e. The van der Waals surface area contributed by atoms with Gasteiger partial charge in [0.05, 0.1) is 13.7 Å². The van der Waals surface area contributed by atoms with E-state index in [1.165, 1.54) is 25.3 Å². The molecule has 0 saturated carbocycles. The Kier molecular flexibility index (Phi) is 15.5. The van der Waals surface area contributed by atoms with Gasteiger partial charge in [0, 0.05) is 25.6 Å². The summed E-state index contributed by atoms with van der Waals surface area (Å²) in [5.41, 5.74) is 0.760. The number of nitrogens with one attached hydrogen (secondary N) is 1. The standard InChI is InChI=1S/C26H42N2O5/c1-4-6-8-9-10-11-19-28(31)26(30)17-15-22-14-16-23(24(21-22)32-3)33-20-12-13-25(29)27-18-7-5-2/h14-17,21,31H,4-13,18-20H2,1-3H3,(H,27,29)/b17-15+. The van der Waals surface area contributed by atoms with Gasteiger partial charge in [-0.25, -0.2) is 5.06 Å². The lowest BCUT2D eigenvalue weighted by Gasteiger charge is -2.13. The zero-order chi connectivity index (χ0) is 24.3. The number of hydrogen-bond acceptors (Lipinski definition) is 5. The first kappa shape index (κ1) is 28.5. The van der Waals surface area contributed by atoms with Crippen molar-refractivity contribution >= 4 is 17.9 Å². The molecule has 0 saturated heterocycles. The van der Waals surface area contributed by atoms with Gasteiger partial charge >= 0.3 is 0 Å². The van der Waals surface area contributed by atoms with Crippen molar-refractivity contribution in [1.82, 2.24) is 10.4 Å². The second kappa shape index (κ2) is 18.0. The summed E-state index contributed by atoms with van der Waals surface area (Å²) in [6, 6.07) is 5.36. The van der Waals surface area contributed by atoms with E-state index in [4.69, 9.17) is 9.47 Å². The van der Waals surface area contributed by atoms with Crippen LogP contribution in [0.4, 0.5) is 0 Å². The van der Waals surface area contributed by atoms with E-state index in [0.717, 1.165) is 42.7 Å². The van der Waals surface area contributed by atoms with Crippen LogP contribution in [0.3, 0.4) is 0 Å². The molecule has 0 aromatic heterocycles. The summed E-state index contributed by atoms with van der Waals surface area (Å²) in [5.74, 6) is 0.725. The highest BCUT2D eigenvalue weighted by Gasteiger charge is 2.09. The zero-order valence-corrected chi connectivity index (χ0v) is 20.6. The third-order valence-corrected chi connectivity index (χ3v) is 5.24. The Balaban J connectivity index is 2.43. The van der Waals surface area contributed by atoms with Crippen LogP contribution in [0.15, 0.2) is 24.3 Å². The SMILES string of the molecule is CCCCCCCCN(O)C(=O)/C=C/c1ccc(OCCCC(=O)NCCCC)c(OC)c1. The predicted molar refractivity (Wildman–Crippen MR) is 132 cm³/mol. The summed E-state index contributed by atoms with van der Waals surface area (Å²) in [6.07, 6.45) is 12.6. The number of methoxy groups -OCH3 is 1. The minimum atomic E-state index is -0.444. The van der Waals surface area contributed by atoms with E-state index in [-0.39, 0.29) is 5.91 Å². The molecule has 0 atom stereocenters. The van der Waals surface area contributed by atoms with Crippen molar-refractivity contribution in [2.75, 3.05) is 26.8 Å². The van der Waals surface area contributed by atoms with Crippen molar-refractivity contribution in [3.8, 4) is 11.5 Å². The molecular formula is C26H42N2O5. The number of nitrogens with zero attached hydrogens (tertiary/aromatic N) is 1. The Bertz CT molecular complexity index is 721. The average Bonchev–Trinajstić information content (AvgIpc) is 2.82. The molecule has 33 heavy (non-hydrogen) atoms. The number of benzene rings is 1. The predicted octanol–water partition coefficient (Wildman–Crippen LogP) is 5.36. The Morgan fingerprint density at radius 3 is 2.45 bits per heavy atom. The molecule has 0 aliphatic heterocycles. The largest absolute Gasteiger partial charge is 0.493 e. The highest BCUT2D eigenvalue weighted by atomic mass is 16.5. The number of ether oxygens (including phenoxy) is 2. The third-order valence-electron chi connectivity index (χ3n) is 5.24. The molecule has 1 aromatic rings. The molecule has 2 amide bonds. The summed E-state index contributed by atoms with van der Waals surface area (Å²) in [7, 11) is 1.55. The molecule has 0 fully saturated rings. The molecule has 0 aliphatic carbocycles. The van der Waals surface area contributed by atoms with Gasteiger partial charge in [-0.15, -0.1) is 0 Å². The topological polar surface area (TPSA) is 88.1 Å². The molecule has 0 aliphatic rings. The van der Waals surface area contributed by atoms with Gasteiger partial charge in [-0.1, -0.05) is 58.4 Å². The van der Waals surface area contributed by atoms with Crippen LogP contribution in [-0.2, 0) is 9.59 Å². The molecule has 1 rings (SSSR count). The number of carbonyl (C=O) groups is 2. The molecule has 7 nitrogen and oxygen atoms in total. The van der Waals surface area contributed by atoms with Crippen molar-refractivity contribution in [2.24, 2.45) is 0 Å². The minimum absolute atomic E-state index is 0.0404. The molecule has 2 N–H and O–H groups in total. The van der Waals surface area contributed by atoms with E-state index in [0.29, 0.717) is 44.0 Å². The normalized spacial score (nSPS) is 10.9. The molecule has 186 valence electrons. The van der Waals surface area contributed by atoms with Crippen molar-refractivity contribution in [3.63, 3.8) is 0 Å². The van der Waals surface area contributed by atoms with Crippen molar-refractivity contribution in [3.05, 3.63) is 29.8 Å². The summed E-state index contributed by atoms with van der Waals surface area (Å²) in [6.45, 7) is 5.72. The van der Waals surface area contributed by atoms with E-state index in [1.807, 2.05) is 6.07 Å². The van der Waals surface area contributed by atoms with Crippen molar-refractivity contribution in [1.29, 1.82) is 0 Å². The van der Waals surface area contributed by atoms with Crippen LogP contribution in [0, 0.1) is 0 Å². The van der Waals surface area contributed by atoms with Crippen LogP contribution in [0.5, 0.6) is 11.5 Å². The maximum atomic E-state index is 12.1. The Hall–Kier alpha value is -2.54. The lowest BCUT2D eigenvalue weighted by molar-refractivity contribution is -0.159. The van der Waals surface area contributed by atoms with Gasteiger partial charge in [0.25, 0.3) is 5.91 Å². The molecule has 0 bridgehead atoms. The van der Waals surface area contributed by atoms with E-state index >= 15 is 0 Å². The lowest BCUT2D eigenvalue weighted by Crippen LogP contribution is -2.26. The second-order valence-corrected chi connectivity index (χ2v) is 8.13. The highest BCUT2D eigenvalue weighted by Crippen LogP contribution is 2.28. The number of amides is 2.